The van der Waals surface area contributed by atoms with Crippen LogP contribution in [0.3, 0.4) is 0 Å². The van der Waals surface area contributed by atoms with Crippen molar-refractivity contribution in [1.82, 2.24) is 4.37 Å². The monoisotopic (exact) mass is 237 g/mol. The molecule has 1 saturated heterocycles. The highest BCUT2D eigenvalue weighted by Crippen LogP contribution is 2.33. The number of fused-ring (bicyclic) bond motifs is 1. The third-order valence-corrected chi connectivity index (χ3v) is 3.42. The Morgan fingerprint density at radius 1 is 1.44 bits per heavy atom. The van der Waals surface area contributed by atoms with Gasteiger partial charge in [-0.3, -0.25) is 0 Å². The summed E-state index contributed by atoms with van der Waals surface area (Å²) in [7, 11) is 0. The number of aliphatic hydroxyl groups is 1. The summed E-state index contributed by atoms with van der Waals surface area (Å²) in [5.41, 5.74) is 0.816. The molecule has 0 spiro atoms. The minimum Gasteiger partial charge on any atom is -0.394 e. The second-order valence-corrected chi connectivity index (χ2v) is 4.47. The van der Waals surface area contributed by atoms with E-state index in [0.717, 1.165) is 15.8 Å². The Hall–Kier alpha value is -1.01. The van der Waals surface area contributed by atoms with Crippen LogP contribution in [0.25, 0.3) is 10.1 Å². The zero-order valence-corrected chi connectivity index (χ0v) is 9.31. The van der Waals surface area contributed by atoms with Gasteiger partial charge < -0.3 is 14.6 Å². The van der Waals surface area contributed by atoms with Crippen LogP contribution in [0.15, 0.2) is 24.3 Å². The molecule has 0 amide bonds. The maximum absolute atomic E-state index is 8.97. The Labute approximate surface area is 96.6 Å². The van der Waals surface area contributed by atoms with Gasteiger partial charge in [-0.2, -0.15) is 4.37 Å². The molecule has 3 rings (SSSR count). The van der Waals surface area contributed by atoms with E-state index in [1.807, 2.05) is 24.3 Å². The molecular formula is C11H11NO3S. The molecule has 5 heteroatoms. The first-order valence-corrected chi connectivity index (χ1v) is 5.88. The fourth-order valence-corrected chi connectivity index (χ4v) is 2.55. The van der Waals surface area contributed by atoms with Gasteiger partial charge in [-0.1, -0.05) is 18.2 Å². The second-order valence-electron chi connectivity index (χ2n) is 3.67. The van der Waals surface area contributed by atoms with Crippen LogP contribution in [0.4, 0.5) is 0 Å². The van der Waals surface area contributed by atoms with E-state index in [0.29, 0.717) is 6.61 Å². The standard InChI is InChI=1S/C11H11NO3S/c13-5-7-6-14-11(15-7)10-8-3-1-2-4-9(8)16-12-10/h1-4,7,11,13H,5-6H2. The Kier molecular flexibility index (Phi) is 2.61. The van der Waals surface area contributed by atoms with Crippen LogP contribution in [0.5, 0.6) is 0 Å². The Morgan fingerprint density at radius 3 is 3.12 bits per heavy atom. The highest BCUT2D eigenvalue weighted by atomic mass is 32.1. The zero-order valence-electron chi connectivity index (χ0n) is 8.50. The molecule has 84 valence electrons. The number of rotatable bonds is 2. The van der Waals surface area contributed by atoms with Crippen molar-refractivity contribution in [3.05, 3.63) is 30.0 Å². The van der Waals surface area contributed by atoms with E-state index in [1.54, 1.807) is 0 Å². The van der Waals surface area contributed by atoms with E-state index in [-0.39, 0.29) is 12.7 Å². The zero-order chi connectivity index (χ0) is 11.0. The van der Waals surface area contributed by atoms with Gasteiger partial charge in [-0.05, 0) is 17.6 Å². The number of aromatic nitrogens is 1. The Morgan fingerprint density at radius 2 is 2.31 bits per heavy atom. The maximum atomic E-state index is 8.97. The van der Waals surface area contributed by atoms with Crippen molar-refractivity contribution >= 4 is 21.6 Å². The van der Waals surface area contributed by atoms with Gasteiger partial charge in [-0.15, -0.1) is 0 Å². The first-order valence-electron chi connectivity index (χ1n) is 5.10. The topological polar surface area (TPSA) is 51.6 Å². The lowest BCUT2D eigenvalue weighted by atomic mass is 10.2. The van der Waals surface area contributed by atoms with Crippen molar-refractivity contribution in [3.63, 3.8) is 0 Å². The van der Waals surface area contributed by atoms with Crippen molar-refractivity contribution in [2.45, 2.75) is 12.4 Å². The summed E-state index contributed by atoms with van der Waals surface area (Å²) < 4.78 is 16.5. The largest absolute Gasteiger partial charge is 0.394 e. The predicted octanol–water partition coefficient (Wildman–Crippen LogP) is 1.70. The van der Waals surface area contributed by atoms with Crippen molar-refractivity contribution in [1.29, 1.82) is 0 Å². The molecule has 0 aliphatic carbocycles. The molecule has 1 N–H and O–H groups in total. The van der Waals surface area contributed by atoms with Gasteiger partial charge >= 0.3 is 0 Å². The molecule has 2 aromatic rings. The third-order valence-electron chi connectivity index (χ3n) is 2.58. The number of benzene rings is 1. The lowest BCUT2D eigenvalue weighted by Gasteiger charge is -2.07. The minimum atomic E-state index is -0.437. The fraction of sp³-hybridized carbons (Fsp3) is 0.364. The molecule has 0 saturated carbocycles. The average Bonchev–Trinajstić information content (AvgIpc) is 2.94. The van der Waals surface area contributed by atoms with Crippen LogP contribution in [-0.2, 0) is 9.47 Å². The number of ether oxygens (including phenoxy) is 2. The summed E-state index contributed by atoms with van der Waals surface area (Å²) in [6.45, 7) is 0.408. The molecule has 1 aliphatic heterocycles. The summed E-state index contributed by atoms with van der Waals surface area (Å²) >= 11 is 1.44. The first-order chi connectivity index (χ1) is 7.88. The normalized spacial score (nSPS) is 25.3. The van der Waals surface area contributed by atoms with E-state index in [2.05, 4.69) is 4.37 Å². The molecule has 4 nitrogen and oxygen atoms in total. The van der Waals surface area contributed by atoms with Gasteiger partial charge in [0.25, 0.3) is 0 Å². The molecule has 1 fully saturated rings. The minimum absolute atomic E-state index is 0.0153. The van der Waals surface area contributed by atoms with Crippen molar-refractivity contribution < 1.29 is 14.6 Å². The Balaban J connectivity index is 1.95. The van der Waals surface area contributed by atoms with Crippen molar-refractivity contribution in [3.8, 4) is 0 Å². The summed E-state index contributed by atoms with van der Waals surface area (Å²) in [5.74, 6) is 0. The van der Waals surface area contributed by atoms with Crippen LogP contribution in [0.1, 0.15) is 12.0 Å². The third kappa shape index (κ3) is 1.62. The summed E-state index contributed by atoms with van der Waals surface area (Å²) in [5, 5.41) is 10.0. The van der Waals surface area contributed by atoms with E-state index in [9.17, 15) is 0 Å². The van der Waals surface area contributed by atoms with Crippen LogP contribution in [-0.4, -0.2) is 28.8 Å². The SMILES string of the molecule is OCC1COC(c2nsc3ccccc23)O1. The predicted molar refractivity (Wildman–Crippen MR) is 60.3 cm³/mol. The summed E-state index contributed by atoms with van der Waals surface area (Å²) in [4.78, 5) is 0. The number of nitrogens with zero attached hydrogens (tertiary/aromatic N) is 1. The molecule has 1 aromatic heterocycles. The lowest BCUT2D eigenvalue weighted by molar-refractivity contribution is -0.0688. The van der Waals surface area contributed by atoms with Gasteiger partial charge in [-0.25, -0.2) is 0 Å². The fourth-order valence-electron chi connectivity index (χ4n) is 1.76. The number of hydrogen-bond donors (Lipinski definition) is 1. The summed E-state index contributed by atoms with van der Waals surface area (Å²) in [6.07, 6.45) is -0.668. The number of hydrogen-bond acceptors (Lipinski definition) is 5. The molecule has 1 aliphatic rings. The van der Waals surface area contributed by atoms with Crippen LogP contribution in [0, 0.1) is 0 Å². The molecule has 2 atom stereocenters. The molecule has 0 radical (unpaired) electrons. The number of aliphatic hydroxyl groups excluding tert-OH is 1. The van der Waals surface area contributed by atoms with Crippen molar-refractivity contribution in [2.24, 2.45) is 0 Å². The molecule has 0 bridgehead atoms. The van der Waals surface area contributed by atoms with Gasteiger partial charge in [0.2, 0.25) is 6.29 Å². The highest BCUT2D eigenvalue weighted by molar-refractivity contribution is 7.13. The maximum Gasteiger partial charge on any atom is 0.203 e. The molecule has 16 heavy (non-hydrogen) atoms. The molecular weight excluding hydrogens is 226 g/mol. The van der Waals surface area contributed by atoms with Crippen LogP contribution < -0.4 is 0 Å². The Bertz CT molecular complexity index is 499. The second kappa shape index (κ2) is 4.10. The van der Waals surface area contributed by atoms with Gasteiger partial charge in [0.15, 0.2) is 0 Å². The van der Waals surface area contributed by atoms with E-state index in [1.165, 1.54) is 11.5 Å². The lowest BCUT2D eigenvalue weighted by Crippen LogP contribution is -2.14. The van der Waals surface area contributed by atoms with E-state index in [4.69, 9.17) is 14.6 Å². The highest BCUT2D eigenvalue weighted by Gasteiger charge is 2.29. The average molecular weight is 237 g/mol. The summed E-state index contributed by atoms with van der Waals surface area (Å²) in [6, 6.07) is 7.98. The van der Waals surface area contributed by atoms with Gasteiger partial charge in [0.05, 0.1) is 17.9 Å². The van der Waals surface area contributed by atoms with E-state index >= 15 is 0 Å². The van der Waals surface area contributed by atoms with Gasteiger partial charge in [0.1, 0.15) is 11.8 Å². The van der Waals surface area contributed by atoms with Crippen LogP contribution >= 0.6 is 11.5 Å². The quantitative estimate of drug-likeness (QED) is 0.863. The molecule has 2 unspecified atom stereocenters. The first kappa shape index (κ1) is 10.2. The molecule has 2 heterocycles. The van der Waals surface area contributed by atoms with Crippen LogP contribution in [0.2, 0.25) is 0 Å². The van der Waals surface area contributed by atoms with Crippen molar-refractivity contribution in [2.75, 3.05) is 13.2 Å². The van der Waals surface area contributed by atoms with Gasteiger partial charge in [0, 0.05) is 5.39 Å². The molecule has 1 aromatic carbocycles. The smallest absolute Gasteiger partial charge is 0.203 e. The van der Waals surface area contributed by atoms with E-state index < -0.39 is 6.29 Å².